The maximum absolute atomic E-state index is 12.7. The average Bonchev–Trinajstić information content (AvgIpc) is 3.10. The van der Waals surface area contributed by atoms with Crippen LogP contribution in [0.15, 0.2) is 24.5 Å². The summed E-state index contributed by atoms with van der Waals surface area (Å²) in [7, 11) is 1.55. The van der Waals surface area contributed by atoms with Crippen LogP contribution in [0, 0.1) is 0 Å². The fourth-order valence-electron chi connectivity index (χ4n) is 3.17. The molecule has 0 bridgehead atoms. The number of carbonyl (C=O) groups excluding carboxylic acids is 1. The highest BCUT2D eigenvalue weighted by atomic mass is 16.5. The van der Waals surface area contributed by atoms with Gasteiger partial charge in [-0.25, -0.2) is 9.67 Å². The van der Waals surface area contributed by atoms with E-state index in [2.05, 4.69) is 15.3 Å². The highest BCUT2D eigenvalue weighted by molar-refractivity contribution is 5.94. The smallest absolute Gasteiger partial charge is 0.255 e. The van der Waals surface area contributed by atoms with E-state index in [1.165, 1.54) is 0 Å². The lowest BCUT2D eigenvalue weighted by Gasteiger charge is -2.40. The first kappa shape index (κ1) is 14.1. The molecule has 4 heterocycles. The minimum absolute atomic E-state index is 0.0187. The average molecular weight is 315 g/mol. The maximum Gasteiger partial charge on any atom is 0.255 e. The molecule has 120 valence electrons. The number of amides is 1. The normalized spacial score (nSPS) is 23.1. The molecule has 0 aliphatic carbocycles. The number of piperidine rings is 1. The fourth-order valence-corrected chi connectivity index (χ4v) is 3.17. The van der Waals surface area contributed by atoms with Gasteiger partial charge in [0.2, 0.25) is 5.88 Å². The van der Waals surface area contributed by atoms with Gasteiger partial charge in [-0.05, 0) is 12.5 Å². The number of hydrogen-bond donors (Lipinski definition) is 0. The monoisotopic (exact) mass is 315 g/mol. The second-order valence-electron chi connectivity index (χ2n) is 5.72. The predicted octanol–water partition coefficient (Wildman–Crippen LogP) is 0.668. The summed E-state index contributed by atoms with van der Waals surface area (Å²) in [4.78, 5) is 18.6. The molecule has 0 radical (unpaired) electrons. The Morgan fingerprint density at radius 3 is 3.09 bits per heavy atom. The molecule has 2 aliphatic heterocycles. The molecule has 8 nitrogen and oxygen atoms in total. The molecule has 1 amide bonds. The van der Waals surface area contributed by atoms with E-state index in [0.29, 0.717) is 31.1 Å². The quantitative estimate of drug-likeness (QED) is 0.810. The molecule has 8 heteroatoms. The van der Waals surface area contributed by atoms with Crippen LogP contribution in [-0.2, 0) is 11.3 Å². The van der Waals surface area contributed by atoms with Crippen LogP contribution in [0.2, 0.25) is 0 Å². The summed E-state index contributed by atoms with van der Waals surface area (Å²) in [6.07, 6.45) is 4.14. The Kier molecular flexibility index (Phi) is 3.45. The molecular weight excluding hydrogens is 298 g/mol. The van der Waals surface area contributed by atoms with Crippen LogP contribution < -0.4 is 4.74 Å². The number of methoxy groups -OCH3 is 1. The van der Waals surface area contributed by atoms with Gasteiger partial charge in [-0.2, -0.15) is 0 Å². The molecule has 2 aromatic heterocycles. The molecule has 2 atom stereocenters. The topological polar surface area (TPSA) is 82.4 Å². The van der Waals surface area contributed by atoms with E-state index in [-0.39, 0.29) is 18.1 Å². The lowest BCUT2D eigenvalue weighted by molar-refractivity contribution is -0.0605. The van der Waals surface area contributed by atoms with Crippen molar-refractivity contribution in [3.05, 3.63) is 35.8 Å². The van der Waals surface area contributed by atoms with Crippen molar-refractivity contribution in [1.29, 1.82) is 0 Å². The number of ether oxygens (including phenoxy) is 2. The minimum atomic E-state index is -0.0363. The van der Waals surface area contributed by atoms with Crippen molar-refractivity contribution in [2.45, 2.75) is 25.2 Å². The number of fused-ring (bicyclic) bond motifs is 3. The van der Waals surface area contributed by atoms with Gasteiger partial charge in [-0.3, -0.25) is 4.79 Å². The number of aromatic nitrogens is 4. The Labute approximate surface area is 133 Å². The number of carbonyl (C=O) groups is 1. The Bertz CT molecular complexity index is 714. The minimum Gasteiger partial charge on any atom is -0.481 e. The van der Waals surface area contributed by atoms with Crippen LogP contribution in [0.4, 0.5) is 0 Å². The Hall–Kier alpha value is -2.48. The van der Waals surface area contributed by atoms with E-state index in [4.69, 9.17) is 9.47 Å². The lowest BCUT2D eigenvalue weighted by Crippen LogP contribution is -2.49. The van der Waals surface area contributed by atoms with Crippen LogP contribution in [0.1, 0.15) is 28.5 Å². The van der Waals surface area contributed by atoms with E-state index in [1.54, 1.807) is 31.6 Å². The van der Waals surface area contributed by atoms with Crippen LogP contribution in [0.3, 0.4) is 0 Å². The van der Waals surface area contributed by atoms with E-state index in [0.717, 1.165) is 12.1 Å². The number of nitrogens with zero attached hydrogens (tertiary/aromatic N) is 5. The molecule has 0 unspecified atom stereocenters. The highest BCUT2D eigenvalue weighted by Crippen LogP contribution is 2.30. The van der Waals surface area contributed by atoms with E-state index in [1.807, 2.05) is 9.58 Å². The van der Waals surface area contributed by atoms with Crippen LogP contribution >= 0.6 is 0 Å². The summed E-state index contributed by atoms with van der Waals surface area (Å²) in [5.74, 6) is 0.457. The Morgan fingerprint density at radius 1 is 1.39 bits per heavy atom. The predicted molar refractivity (Wildman–Crippen MR) is 78.9 cm³/mol. The van der Waals surface area contributed by atoms with Crippen molar-refractivity contribution in [3.63, 3.8) is 0 Å². The maximum atomic E-state index is 12.7. The zero-order chi connectivity index (χ0) is 15.8. The molecule has 1 fully saturated rings. The van der Waals surface area contributed by atoms with Crippen LogP contribution in [0.5, 0.6) is 5.88 Å². The van der Waals surface area contributed by atoms with Gasteiger partial charge in [0.1, 0.15) is 0 Å². The Morgan fingerprint density at radius 2 is 2.30 bits per heavy atom. The van der Waals surface area contributed by atoms with Gasteiger partial charge >= 0.3 is 0 Å². The second kappa shape index (κ2) is 5.62. The standard InChI is InChI=1S/C15H17N5O3/c1-22-14-3-2-10(6-16-14)15(21)19-5-4-13-12(8-19)20-11(9-23-13)7-17-18-20/h2-3,6-7,12-13H,4-5,8-9H2,1H3/t12-,13+/m0/s1. The zero-order valence-corrected chi connectivity index (χ0v) is 12.8. The first-order chi connectivity index (χ1) is 11.3. The molecule has 0 N–H and O–H groups in total. The molecule has 4 rings (SSSR count). The molecule has 0 saturated carbocycles. The van der Waals surface area contributed by atoms with Crippen molar-refractivity contribution in [2.24, 2.45) is 0 Å². The lowest BCUT2D eigenvalue weighted by atomic mass is 10.00. The highest BCUT2D eigenvalue weighted by Gasteiger charge is 2.38. The van der Waals surface area contributed by atoms with Crippen molar-refractivity contribution in [2.75, 3.05) is 20.2 Å². The van der Waals surface area contributed by atoms with Gasteiger partial charge < -0.3 is 14.4 Å². The SMILES string of the molecule is COc1ccc(C(=O)N2CC[C@H]3OCc4cnnn4[C@H]3C2)cn1. The van der Waals surface area contributed by atoms with Gasteiger partial charge in [0.15, 0.2) is 0 Å². The number of hydrogen-bond acceptors (Lipinski definition) is 6. The summed E-state index contributed by atoms with van der Waals surface area (Å²) in [6.45, 7) is 1.76. The second-order valence-corrected chi connectivity index (χ2v) is 5.72. The van der Waals surface area contributed by atoms with E-state index in [9.17, 15) is 4.79 Å². The summed E-state index contributed by atoms with van der Waals surface area (Å²) in [6, 6.07) is 3.45. The third-order valence-electron chi connectivity index (χ3n) is 4.41. The first-order valence-electron chi connectivity index (χ1n) is 7.56. The van der Waals surface area contributed by atoms with Gasteiger partial charge in [-0.1, -0.05) is 5.21 Å². The number of likely N-dealkylation sites (tertiary alicyclic amines) is 1. The third kappa shape index (κ3) is 2.44. The van der Waals surface area contributed by atoms with Gasteiger partial charge in [0.25, 0.3) is 5.91 Å². The van der Waals surface area contributed by atoms with Crippen molar-refractivity contribution in [1.82, 2.24) is 24.9 Å². The summed E-state index contributed by atoms with van der Waals surface area (Å²) in [5.41, 5.74) is 1.51. The first-order valence-corrected chi connectivity index (χ1v) is 7.56. The van der Waals surface area contributed by atoms with E-state index < -0.39 is 0 Å². The third-order valence-corrected chi connectivity index (χ3v) is 4.41. The fraction of sp³-hybridized carbons (Fsp3) is 0.467. The van der Waals surface area contributed by atoms with Gasteiger partial charge in [0, 0.05) is 25.4 Å². The summed E-state index contributed by atoms with van der Waals surface area (Å²) < 4.78 is 12.8. The molecule has 2 aliphatic rings. The molecule has 2 aromatic rings. The molecule has 0 spiro atoms. The molecule has 23 heavy (non-hydrogen) atoms. The Balaban J connectivity index is 1.54. The van der Waals surface area contributed by atoms with Crippen LogP contribution in [-0.4, -0.2) is 57.1 Å². The summed E-state index contributed by atoms with van der Waals surface area (Å²) in [5, 5.41) is 8.10. The largest absolute Gasteiger partial charge is 0.481 e. The molecule has 1 saturated heterocycles. The number of rotatable bonds is 2. The molecular formula is C15H17N5O3. The zero-order valence-electron chi connectivity index (χ0n) is 12.8. The van der Waals surface area contributed by atoms with Crippen molar-refractivity contribution < 1.29 is 14.3 Å². The summed E-state index contributed by atoms with van der Waals surface area (Å²) >= 11 is 0. The van der Waals surface area contributed by atoms with Gasteiger partial charge in [0.05, 0.1) is 43.3 Å². The van der Waals surface area contributed by atoms with Gasteiger partial charge in [-0.15, -0.1) is 5.10 Å². The van der Waals surface area contributed by atoms with E-state index >= 15 is 0 Å². The van der Waals surface area contributed by atoms with Crippen LogP contribution in [0.25, 0.3) is 0 Å². The molecule has 0 aromatic carbocycles. The van der Waals surface area contributed by atoms with Crippen molar-refractivity contribution in [3.8, 4) is 5.88 Å². The van der Waals surface area contributed by atoms with Crippen molar-refractivity contribution >= 4 is 5.91 Å². The number of pyridine rings is 1.